The molecule has 6 heteroatoms. The van der Waals surface area contributed by atoms with E-state index in [-0.39, 0.29) is 35.5 Å². The second kappa shape index (κ2) is 6.25. The van der Waals surface area contributed by atoms with Gasteiger partial charge in [0.05, 0.1) is 0 Å². The van der Waals surface area contributed by atoms with E-state index in [9.17, 15) is 14.4 Å². The first-order valence-corrected chi connectivity index (χ1v) is 4.72. The van der Waals surface area contributed by atoms with E-state index in [1.807, 2.05) is 13.8 Å². The third-order valence-corrected chi connectivity index (χ3v) is 2.35. The van der Waals surface area contributed by atoms with Crippen LogP contribution in [0.4, 0.5) is 4.79 Å². The molecule has 4 amide bonds. The van der Waals surface area contributed by atoms with Gasteiger partial charge in [0.2, 0.25) is 11.8 Å². The maximum atomic E-state index is 11.3. The molecule has 0 aromatic carbocycles. The summed E-state index contributed by atoms with van der Waals surface area (Å²) in [5.74, 6) is -1.74. The maximum absolute atomic E-state index is 11.3. The number of amides is 4. The summed E-state index contributed by atoms with van der Waals surface area (Å²) in [5.41, 5.74) is 0. The number of urea groups is 1. The minimum absolute atomic E-state index is 0. The maximum Gasteiger partial charge on any atom is 0.328 e. The minimum atomic E-state index is -0.729. The van der Waals surface area contributed by atoms with Gasteiger partial charge in [-0.1, -0.05) is 20.3 Å². The molecular formula is C9H14N2NaO3. The van der Waals surface area contributed by atoms with Crippen molar-refractivity contribution in [2.45, 2.75) is 26.7 Å². The molecule has 1 heterocycles. The summed E-state index contributed by atoms with van der Waals surface area (Å²) in [5, 5.41) is 4.18. The number of carbonyl (C=O) groups excluding carboxylic acids is 3. The summed E-state index contributed by atoms with van der Waals surface area (Å²) >= 11 is 0. The van der Waals surface area contributed by atoms with Crippen LogP contribution in [0.5, 0.6) is 0 Å². The number of nitrogens with one attached hydrogen (secondary N) is 2. The molecule has 15 heavy (non-hydrogen) atoms. The quantitative estimate of drug-likeness (QED) is 0.521. The van der Waals surface area contributed by atoms with E-state index in [2.05, 4.69) is 10.6 Å². The summed E-state index contributed by atoms with van der Waals surface area (Å²) in [7, 11) is 0. The zero-order chi connectivity index (χ0) is 10.7. The first-order valence-electron chi connectivity index (χ1n) is 4.72. The van der Waals surface area contributed by atoms with Crippen molar-refractivity contribution >= 4 is 47.4 Å². The van der Waals surface area contributed by atoms with Gasteiger partial charge in [-0.25, -0.2) is 4.79 Å². The molecule has 1 saturated heterocycles. The number of hydrogen-bond acceptors (Lipinski definition) is 3. The Bertz CT molecular complexity index is 261. The minimum Gasteiger partial charge on any atom is -0.277 e. The molecule has 1 aliphatic heterocycles. The normalized spacial score (nSPS) is 18.9. The zero-order valence-corrected chi connectivity index (χ0v) is 11.3. The standard InChI is InChI=1S/C9H14N2O3.Na/c1-3-4-5(2)6-7(12)10-9(14)11-8(6)13;/h5-6H,3-4H2,1-2H3,(H2,10,11,12,13,14);. The molecule has 1 unspecified atom stereocenters. The van der Waals surface area contributed by atoms with E-state index in [0.717, 1.165) is 12.8 Å². The van der Waals surface area contributed by atoms with Gasteiger partial charge in [0.1, 0.15) is 5.92 Å². The van der Waals surface area contributed by atoms with E-state index in [4.69, 9.17) is 0 Å². The van der Waals surface area contributed by atoms with Gasteiger partial charge in [0, 0.05) is 29.6 Å². The summed E-state index contributed by atoms with van der Waals surface area (Å²) < 4.78 is 0. The monoisotopic (exact) mass is 221 g/mol. The number of rotatable bonds is 3. The Labute approximate surface area is 111 Å². The van der Waals surface area contributed by atoms with E-state index in [0.29, 0.717) is 0 Å². The van der Waals surface area contributed by atoms with E-state index in [1.54, 1.807) is 0 Å². The van der Waals surface area contributed by atoms with Crippen molar-refractivity contribution in [3.8, 4) is 0 Å². The molecule has 79 valence electrons. The predicted octanol–water partition coefficient (Wildman–Crippen LogP) is 0.0240. The van der Waals surface area contributed by atoms with Crippen LogP contribution in [0, 0.1) is 11.8 Å². The Morgan fingerprint density at radius 1 is 1.20 bits per heavy atom. The van der Waals surface area contributed by atoms with Crippen LogP contribution in [0.2, 0.25) is 0 Å². The van der Waals surface area contributed by atoms with Crippen molar-refractivity contribution in [3.05, 3.63) is 0 Å². The molecule has 0 aliphatic carbocycles. The second-order valence-corrected chi connectivity index (χ2v) is 3.55. The van der Waals surface area contributed by atoms with Gasteiger partial charge in [0.15, 0.2) is 0 Å². The first-order chi connectivity index (χ1) is 6.56. The first kappa shape index (κ1) is 14.6. The molecule has 0 saturated carbocycles. The Kier molecular flexibility index (Phi) is 6.09. The molecular weight excluding hydrogens is 207 g/mol. The summed E-state index contributed by atoms with van der Waals surface area (Å²) in [4.78, 5) is 33.4. The summed E-state index contributed by atoms with van der Waals surface area (Å²) in [6, 6.07) is -0.722. The molecule has 0 bridgehead atoms. The molecule has 2 N–H and O–H groups in total. The molecule has 1 aliphatic rings. The van der Waals surface area contributed by atoms with Crippen LogP contribution in [-0.2, 0) is 9.59 Å². The van der Waals surface area contributed by atoms with Crippen LogP contribution in [0.15, 0.2) is 0 Å². The van der Waals surface area contributed by atoms with Crippen molar-refractivity contribution < 1.29 is 14.4 Å². The van der Waals surface area contributed by atoms with Gasteiger partial charge in [-0.15, -0.1) is 0 Å². The fourth-order valence-electron chi connectivity index (χ4n) is 1.67. The summed E-state index contributed by atoms with van der Waals surface area (Å²) in [6.45, 7) is 3.82. The Morgan fingerprint density at radius 2 is 1.67 bits per heavy atom. The van der Waals surface area contributed by atoms with Crippen molar-refractivity contribution in [1.29, 1.82) is 0 Å². The fraction of sp³-hybridized carbons (Fsp3) is 0.667. The van der Waals surface area contributed by atoms with Crippen molar-refractivity contribution in [2.24, 2.45) is 11.8 Å². The molecule has 0 aromatic heterocycles. The van der Waals surface area contributed by atoms with Crippen LogP contribution in [0.3, 0.4) is 0 Å². The number of hydrogen-bond donors (Lipinski definition) is 2. The van der Waals surface area contributed by atoms with Crippen LogP contribution in [-0.4, -0.2) is 47.4 Å². The average Bonchev–Trinajstić information content (AvgIpc) is 2.01. The van der Waals surface area contributed by atoms with Gasteiger partial charge in [-0.05, 0) is 12.3 Å². The Morgan fingerprint density at radius 3 is 2.07 bits per heavy atom. The van der Waals surface area contributed by atoms with E-state index < -0.39 is 23.8 Å². The molecule has 1 fully saturated rings. The summed E-state index contributed by atoms with van der Waals surface area (Å²) in [6.07, 6.45) is 1.70. The van der Waals surface area contributed by atoms with Crippen molar-refractivity contribution in [3.63, 3.8) is 0 Å². The SMILES string of the molecule is CCCC(C)C1C(=O)NC(=O)NC1=O.[Na]. The van der Waals surface area contributed by atoms with Gasteiger partial charge >= 0.3 is 6.03 Å². The third-order valence-electron chi connectivity index (χ3n) is 2.35. The third kappa shape index (κ3) is 3.59. The molecule has 1 rings (SSSR count). The molecule has 0 aromatic rings. The zero-order valence-electron chi connectivity index (χ0n) is 9.29. The Hall–Kier alpha value is -0.390. The van der Waals surface area contributed by atoms with Crippen LogP contribution >= 0.6 is 0 Å². The molecule has 1 atom stereocenters. The largest absolute Gasteiger partial charge is 0.328 e. The van der Waals surface area contributed by atoms with Gasteiger partial charge in [-0.2, -0.15) is 0 Å². The fourth-order valence-corrected chi connectivity index (χ4v) is 1.67. The van der Waals surface area contributed by atoms with Gasteiger partial charge < -0.3 is 0 Å². The van der Waals surface area contributed by atoms with Crippen LogP contribution in [0.1, 0.15) is 26.7 Å². The predicted molar refractivity (Wildman–Crippen MR) is 55.0 cm³/mol. The topological polar surface area (TPSA) is 75.3 Å². The van der Waals surface area contributed by atoms with Gasteiger partial charge in [0.25, 0.3) is 0 Å². The average molecular weight is 221 g/mol. The second-order valence-electron chi connectivity index (χ2n) is 3.55. The van der Waals surface area contributed by atoms with Crippen LogP contribution in [0.25, 0.3) is 0 Å². The van der Waals surface area contributed by atoms with Crippen LogP contribution < -0.4 is 10.6 Å². The molecule has 0 spiro atoms. The Balaban J connectivity index is 0.00000196. The van der Waals surface area contributed by atoms with Gasteiger partial charge in [-0.3, -0.25) is 20.2 Å². The van der Waals surface area contributed by atoms with Crippen molar-refractivity contribution in [1.82, 2.24) is 10.6 Å². The molecule has 5 nitrogen and oxygen atoms in total. The smallest absolute Gasteiger partial charge is 0.277 e. The van der Waals surface area contributed by atoms with E-state index >= 15 is 0 Å². The molecule has 1 radical (unpaired) electrons. The number of carbonyl (C=O) groups is 3. The van der Waals surface area contributed by atoms with Crippen molar-refractivity contribution in [2.75, 3.05) is 0 Å². The number of imide groups is 2. The number of barbiturate groups is 1. The van der Waals surface area contributed by atoms with E-state index in [1.165, 1.54) is 0 Å².